The van der Waals surface area contributed by atoms with Crippen LogP contribution in [0.5, 0.6) is 0 Å². The monoisotopic (exact) mass is 375 g/mol. The fourth-order valence-corrected chi connectivity index (χ4v) is 3.42. The normalized spacial score (nSPS) is 17.0. The van der Waals surface area contributed by atoms with E-state index in [2.05, 4.69) is 10.6 Å². The molecule has 0 spiro atoms. The highest BCUT2D eigenvalue weighted by atomic mass is 32.1. The van der Waals surface area contributed by atoms with E-state index in [1.807, 2.05) is 49.9 Å². The molecule has 6 nitrogen and oxygen atoms in total. The van der Waals surface area contributed by atoms with Gasteiger partial charge in [0.15, 0.2) is 5.11 Å². The van der Waals surface area contributed by atoms with Crippen LogP contribution >= 0.6 is 12.2 Å². The Hall–Kier alpha value is -2.41. The van der Waals surface area contributed by atoms with E-state index in [1.54, 1.807) is 0 Å². The number of anilines is 1. The molecule has 0 radical (unpaired) electrons. The van der Waals surface area contributed by atoms with Crippen molar-refractivity contribution in [1.82, 2.24) is 10.2 Å². The number of methoxy groups -OCH3 is 1. The molecule has 0 bridgehead atoms. The maximum Gasteiger partial charge on any atom is 0.337 e. The molecule has 2 N–H and O–H groups in total. The third-order valence-corrected chi connectivity index (χ3v) is 4.64. The first-order valence-electron chi connectivity index (χ1n) is 8.69. The number of rotatable bonds is 6. The van der Waals surface area contributed by atoms with Gasteiger partial charge in [-0.25, -0.2) is 4.79 Å². The minimum absolute atomic E-state index is 0.0335. The molecule has 1 aromatic carbocycles. The molecule has 1 amide bonds. The Morgan fingerprint density at radius 3 is 2.69 bits per heavy atom. The van der Waals surface area contributed by atoms with E-state index in [0.717, 1.165) is 17.7 Å². The lowest BCUT2D eigenvalue weighted by atomic mass is 9.94. The average molecular weight is 375 g/mol. The van der Waals surface area contributed by atoms with Crippen molar-refractivity contribution in [3.05, 3.63) is 41.1 Å². The van der Waals surface area contributed by atoms with Gasteiger partial charge in [-0.2, -0.15) is 0 Å². The molecular formula is C19H25N3O3S. The van der Waals surface area contributed by atoms with Crippen LogP contribution in [0.3, 0.4) is 0 Å². The van der Waals surface area contributed by atoms with Crippen LogP contribution in [0.1, 0.15) is 45.2 Å². The van der Waals surface area contributed by atoms with Crippen LogP contribution in [0.25, 0.3) is 0 Å². The first kappa shape index (κ1) is 19.9. The summed E-state index contributed by atoms with van der Waals surface area (Å²) >= 11 is 5.45. The maximum atomic E-state index is 12.4. The standard InChI is InChI=1S/C19H25N3O3S/c1-5-8-15(23)20-14-10-7-9-13(11-14)17-16(18(24)25-4)12(3)22(6-2)19(26)21-17/h7,9-11,17H,5-6,8H2,1-4H3,(H,20,23)(H,21,26). The van der Waals surface area contributed by atoms with Gasteiger partial charge in [-0.1, -0.05) is 19.1 Å². The van der Waals surface area contributed by atoms with Crippen molar-refractivity contribution in [3.8, 4) is 0 Å². The largest absolute Gasteiger partial charge is 0.466 e. The van der Waals surface area contributed by atoms with Gasteiger partial charge in [-0.05, 0) is 50.2 Å². The number of amides is 1. The topological polar surface area (TPSA) is 70.7 Å². The zero-order valence-corrected chi connectivity index (χ0v) is 16.4. The third-order valence-electron chi connectivity index (χ3n) is 4.30. The number of ether oxygens (including phenoxy) is 1. The Bertz CT molecular complexity index is 745. The van der Waals surface area contributed by atoms with E-state index >= 15 is 0 Å². The summed E-state index contributed by atoms with van der Waals surface area (Å²) in [6, 6.07) is 6.99. The van der Waals surface area contributed by atoms with Crippen molar-refractivity contribution >= 4 is 34.9 Å². The van der Waals surface area contributed by atoms with Crippen LogP contribution in [-0.4, -0.2) is 35.5 Å². The van der Waals surface area contributed by atoms with E-state index in [-0.39, 0.29) is 5.91 Å². The van der Waals surface area contributed by atoms with Gasteiger partial charge < -0.3 is 20.3 Å². The molecule has 7 heteroatoms. The van der Waals surface area contributed by atoms with Crippen LogP contribution in [-0.2, 0) is 14.3 Å². The highest BCUT2D eigenvalue weighted by Crippen LogP contribution is 2.32. The molecule has 0 aromatic heterocycles. The summed E-state index contributed by atoms with van der Waals surface area (Å²) in [7, 11) is 1.37. The highest BCUT2D eigenvalue weighted by molar-refractivity contribution is 7.80. The minimum Gasteiger partial charge on any atom is -0.466 e. The van der Waals surface area contributed by atoms with Gasteiger partial charge >= 0.3 is 5.97 Å². The van der Waals surface area contributed by atoms with Crippen molar-refractivity contribution in [2.24, 2.45) is 0 Å². The molecule has 0 aliphatic carbocycles. The number of allylic oxidation sites excluding steroid dienone is 1. The van der Waals surface area contributed by atoms with Gasteiger partial charge in [0.25, 0.3) is 0 Å². The summed E-state index contributed by atoms with van der Waals surface area (Å²) in [4.78, 5) is 26.2. The smallest absolute Gasteiger partial charge is 0.337 e. The van der Waals surface area contributed by atoms with Gasteiger partial charge in [-0.3, -0.25) is 4.79 Å². The number of carbonyl (C=O) groups is 2. The predicted molar refractivity (Wildman–Crippen MR) is 106 cm³/mol. The van der Waals surface area contributed by atoms with Crippen molar-refractivity contribution < 1.29 is 14.3 Å². The van der Waals surface area contributed by atoms with Gasteiger partial charge in [-0.15, -0.1) is 0 Å². The number of nitrogens with one attached hydrogen (secondary N) is 2. The Morgan fingerprint density at radius 1 is 1.35 bits per heavy atom. The number of esters is 1. The predicted octanol–water partition coefficient (Wildman–Crippen LogP) is 3.12. The first-order valence-corrected chi connectivity index (χ1v) is 9.10. The van der Waals surface area contributed by atoms with Crippen LogP contribution in [0.4, 0.5) is 5.69 Å². The van der Waals surface area contributed by atoms with Gasteiger partial charge in [0.05, 0.1) is 18.7 Å². The highest BCUT2D eigenvalue weighted by Gasteiger charge is 2.34. The SMILES string of the molecule is CCCC(=O)Nc1cccc(C2NC(=S)N(CC)C(C)=C2C(=O)OC)c1. The van der Waals surface area contributed by atoms with E-state index < -0.39 is 12.0 Å². The summed E-state index contributed by atoms with van der Waals surface area (Å²) in [6.07, 6.45) is 1.25. The van der Waals surface area contributed by atoms with Gasteiger partial charge in [0.2, 0.25) is 5.91 Å². The quantitative estimate of drug-likeness (QED) is 0.588. The van der Waals surface area contributed by atoms with Crippen LogP contribution in [0, 0.1) is 0 Å². The molecule has 1 atom stereocenters. The molecule has 1 aliphatic rings. The molecule has 2 rings (SSSR count). The molecule has 0 fully saturated rings. The zero-order chi connectivity index (χ0) is 19.3. The van der Waals surface area contributed by atoms with Crippen LogP contribution in [0.2, 0.25) is 0 Å². The Kier molecular flexibility index (Phi) is 6.74. The molecule has 0 saturated heterocycles. The lowest BCUT2D eigenvalue weighted by Gasteiger charge is -2.37. The third kappa shape index (κ3) is 4.22. The minimum atomic E-state index is -0.430. The van der Waals surface area contributed by atoms with E-state index in [0.29, 0.717) is 29.3 Å². The van der Waals surface area contributed by atoms with E-state index in [4.69, 9.17) is 17.0 Å². The molecule has 26 heavy (non-hydrogen) atoms. The summed E-state index contributed by atoms with van der Waals surface area (Å²) in [5.41, 5.74) is 2.80. The molecule has 140 valence electrons. The zero-order valence-electron chi connectivity index (χ0n) is 15.6. The van der Waals surface area contributed by atoms with E-state index in [9.17, 15) is 9.59 Å². The number of hydrogen-bond acceptors (Lipinski definition) is 4. The molecule has 0 saturated carbocycles. The summed E-state index contributed by atoms with van der Waals surface area (Å²) in [5, 5.41) is 6.66. The number of hydrogen-bond donors (Lipinski definition) is 2. The summed E-state index contributed by atoms with van der Waals surface area (Å²) in [5.74, 6) is -0.435. The van der Waals surface area contributed by atoms with Gasteiger partial charge in [0, 0.05) is 24.4 Å². The molecule has 1 aromatic rings. The Morgan fingerprint density at radius 2 is 2.08 bits per heavy atom. The molecule has 1 unspecified atom stereocenters. The average Bonchev–Trinajstić information content (AvgIpc) is 2.61. The van der Waals surface area contributed by atoms with Crippen molar-refractivity contribution in [2.75, 3.05) is 19.0 Å². The first-order chi connectivity index (χ1) is 12.4. The number of carbonyl (C=O) groups excluding carboxylic acids is 2. The fourth-order valence-electron chi connectivity index (χ4n) is 3.03. The summed E-state index contributed by atoms with van der Waals surface area (Å²) in [6.45, 7) is 6.44. The van der Waals surface area contributed by atoms with Crippen LogP contribution in [0.15, 0.2) is 35.5 Å². The second-order valence-corrected chi connectivity index (χ2v) is 6.43. The second-order valence-electron chi connectivity index (χ2n) is 6.04. The second kappa shape index (κ2) is 8.80. The summed E-state index contributed by atoms with van der Waals surface area (Å²) < 4.78 is 4.99. The lowest BCUT2D eigenvalue weighted by molar-refractivity contribution is -0.136. The number of nitrogens with zero attached hydrogens (tertiary/aromatic N) is 1. The number of thiocarbonyl (C=S) groups is 1. The van der Waals surface area contributed by atoms with Crippen molar-refractivity contribution in [3.63, 3.8) is 0 Å². The van der Waals surface area contributed by atoms with Crippen LogP contribution < -0.4 is 10.6 Å². The molecule has 1 heterocycles. The number of benzene rings is 1. The Labute approximate surface area is 159 Å². The molecular weight excluding hydrogens is 350 g/mol. The van der Waals surface area contributed by atoms with E-state index in [1.165, 1.54) is 7.11 Å². The van der Waals surface area contributed by atoms with Gasteiger partial charge in [0.1, 0.15) is 0 Å². The fraction of sp³-hybridized carbons (Fsp3) is 0.421. The Balaban J connectivity index is 2.42. The maximum absolute atomic E-state index is 12.4. The molecule has 1 aliphatic heterocycles. The lowest BCUT2D eigenvalue weighted by Crippen LogP contribution is -2.47. The van der Waals surface area contributed by atoms with Crippen molar-refractivity contribution in [1.29, 1.82) is 0 Å². The van der Waals surface area contributed by atoms with Crippen molar-refractivity contribution in [2.45, 2.75) is 39.7 Å².